The molecule has 0 saturated heterocycles. The van der Waals surface area contributed by atoms with E-state index in [4.69, 9.17) is 16.3 Å². The lowest BCUT2D eigenvalue weighted by Gasteiger charge is -2.09. The van der Waals surface area contributed by atoms with Gasteiger partial charge >= 0.3 is 6.18 Å². The zero-order valence-corrected chi connectivity index (χ0v) is 7.99. The smallest absolute Gasteiger partial charge is 0.433 e. The van der Waals surface area contributed by atoms with Gasteiger partial charge in [0, 0.05) is 0 Å². The Kier molecular flexibility index (Phi) is 3.21. The van der Waals surface area contributed by atoms with Crippen LogP contribution in [0.15, 0.2) is 12.1 Å². The van der Waals surface area contributed by atoms with Gasteiger partial charge in [0.2, 0.25) is 0 Å². The standard InChI is InChI=1S/C8H7ClF3NO/c1-14-6-2-3-7(8(10,11)12)13-5(6)4-9/h2-3H,4H2,1H3. The number of aromatic nitrogens is 1. The van der Waals surface area contributed by atoms with Crippen LogP contribution >= 0.6 is 11.6 Å². The van der Waals surface area contributed by atoms with Gasteiger partial charge < -0.3 is 4.74 Å². The van der Waals surface area contributed by atoms with Crippen molar-refractivity contribution in [3.63, 3.8) is 0 Å². The van der Waals surface area contributed by atoms with Gasteiger partial charge in [-0.25, -0.2) is 4.98 Å². The number of alkyl halides is 4. The van der Waals surface area contributed by atoms with Crippen molar-refractivity contribution in [2.75, 3.05) is 7.11 Å². The van der Waals surface area contributed by atoms with Crippen molar-refractivity contribution in [1.29, 1.82) is 0 Å². The molecule has 0 unspecified atom stereocenters. The molecule has 0 aromatic carbocycles. The molecule has 0 aliphatic carbocycles. The van der Waals surface area contributed by atoms with Crippen LogP contribution in [-0.2, 0) is 12.1 Å². The van der Waals surface area contributed by atoms with Crippen LogP contribution in [0.5, 0.6) is 5.75 Å². The molecule has 1 aromatic rings. The van der Waals surface area contributed by atoms with Crippen LogP contribution in [-0.4, -0.2) is 12.1 Å². The molecule has 0 spiro atoms. The van der Waals surface area contributed by atoms with Gasteiger partial charge in [-0.05, 0) is 12.1 Å². The molecule has 0 atom stereocenters. The van der Waals surface area contributed by atoms with E-state index in [-0.39, 0.29) is 17.3 Å². The number of methoxy groups -OCH3 is 1. The zero-order chi connectivity index (χ0) is 10.8. The van der Waals surface area contributed by atoms with Crippen LogP contribution in [0.2, 0.25) is 0 Å². The first kappa shape index (κ1) is 11.1. The second-order valence-electron chi connectivity index (χ2n) is 2.48. The summed E-state index contributed by atoms with van der Waals surface area (Å²) in [6.07, 6.45) is -4.45. The Hall–Kier alpha value is -0.970. The van der Waals surface area contributed by atoms with Gasteiger partial charge in [-0.15, -0.1) is 11.6 Å². The molecule has 0 aliphatic heterocycles. The van der Waals surface area contributed by atoms with Crippen molar-refractivity contribution in [3.05, 3.63) is 23.5 Å². The summed E-state index contributed by atoms with van der Waals surface area (Å²) in [4.78, 5) is 3.35. The summed E-state index contributed by atoms with van der Waals surface area (Å²) in [5.74, 6) is 0.139. The average Bonchev–Trinajstić information content (AvgIpc) is 2.15. The largest absolute Gasteiger partial charge is 0.495 e. The monoisotopic (exact) mass is 225 g/mol. The summed E-state index contributed by atoms with van der Waals surface area (Å²) in [6, 6.07) is 2.06. The van der Waals surface area contributed by atoms with E-state index in [0.29, 0.717) is 0 Å². The third-order valence-electron chi connectivity index (χ3n) is 1.57. The molecule has 0 N–H and O–H groups in total. The van der Waals surface area contributed by atoms with Crippen molar-refractivity contribution in [2.24, 2.45) is 0 Å². The quantitative estimate of drug-likeness (QED) is 0.722. The van der Waals surface area contributed by atoms with Crippen LogP contribution < -0.4 is 4.74 Å². The average molecular weight is 226 g/mol. The molecule has 0 aliphatic rings. The molecule has 0 bridgehead atoms. The van der Waals surface area contributed by atoms with Crippen LogP contribution in [0.3, 0.4) is 0 Å². The van der Waals surface area contributed by atoms with E-state index in [2.05, 4.69) is 4.98 Å². The Morgan fingerprint density at radius 1 is 1.43 bits per heavy atom. The Labute approximate surface area is 83.7 Å². The maximum absolute atomic E-state index is 12.2. The molecule has 0 radical (unpaired) electrons. The Balaban J connectivity index is 3.14. The van der Waals surface area contributed by atoms with Gasteiger partial charge in [-0.2, -0.15) is 13.2 Å². The third kappa shape index (κ3) is 2.29. The first-order valence-electron chi connectivity index (χ1n) is 3.66. The Bertz CT molecular complexity index is 327. The molecule has 14 heavy (non-hydrogen) atoms. The van der Waals surface area contributed by atoms with Crippen molar-refractivity contribution in [3.8, 4) is 5.75 Å². The van der Waals surface area contributed by atoms with E-state index in [9.17, 15) is 13.2 Å². The normalized spacial score (nSPS) is 11.5. The van der Waals surface area contributed by atoms with E-state index in [0.717, 1.165) is 6.07 Å². The minimum atomic E-state index is -4.45. The van der Waals surface area contributed by atoms with E-state index >= 15 is 0 Å². The highest BCUT2D eigenvalue weighted by atomic mass is 35.5. The molecule has 0 amide bonds. The molecule has 1 heterocycles. The molecule has 0 fully saturated rings. The predicted octanol–water partition coefficient (Wildman–Crippen LogP) is 2.85. The number of hydrogen-bond donors (Lipinski definition) is 0. The van der Waals surface area contributed by atoms with E-state index in [1.807, 2.05) is 0 Å². The predicted molar refractivity (Wildman–Crippen MR) is 45.3 cm³/mol. The van der Waals surface area contributed by atoms with Crippen LogP contribution in [0.1, 0.15) is 11.4 Å². The minimum Gasteiger partial charge on any atom is -0.495 e. The second-order valence-corrected chi connectivity index (χ2v) is 2.74. The second kappa shape index (κ2) is 4.04. The summed E-state index contributed by atoms with van der Waals surface area (Å²) in [6.45, 7) is 0. The van der Waals surface area contributed by atoms with Gasteiger partial charge in [0.05, 0.1) is 18.7 Å². The first-order chi connectivity index (χ1) is 6.49. The molecular weight excluding hydrogens is 219 g/mol. The lowest BCUT2D eigenvalue weighted by molar-refractivity contribution is -0.141. The van der Waals surface area contributed by atoms with Gasteiger partial charge in [0.25, 0.3) is 0 Å². The number of ether oxygens (including phenoxy) is 1. The maximum atomic E-state index is 12.2. The minimum absolute atomic E-state index is 0.0870. The number of pyridine rings is 1. The number of nitrogens with zero attached hydrogens (tertiary/aromatic N) is 1. The number of rotatable bonds is 2. The first-order valence-corrected chi connectivity index (χ1v) is 4.19. The van der Waals surface area contributed by atoms with Crippen molar-refractivity contribution in [1.82, 2.24) is 4.98 Å². The molecule has 2 nitrogen and oxygen atoms in total. The van der Waals surface area contributed by atoms with Crippen LogP contribution in [0.4, 0.5) is 13.2 Å². The van der Waals surface area contributed by atoms with Crippen LogP contribution in [0, 0.1) is 0 Å². The highest BCUT2D eigenvalue weighted by molar-refractivity contribution is 6.17. The van der Waals surface area contributed by atoms with Gasteiger partial charge in [0.15, 0.2) is 0 Å². The summed E-state index contributed by atoms with van der Waals surface area (Å²) < 4.78 is 41.4. The fraction of sp³-hybridized carbons (Fsp3) is 0.375. The maximum Gasteiger partial charge on any atom is 0.433 e. The fourth-order valence-electron chi connectivity index (χ4n) is 0.928. The highest BCUT2D eigenvalue weighted by Crippen LogP contribution is 2.30. The van der Waals surface area contributed by atoms with Crippen molar-refractivity contribution >= 4 is 11.6 Å². The van der Waals surface area contributed by atoms with E-state index in [1.165, 1.54) is 13.2 Å². The van der Waals surface area contributed by atoms with Crippen LogP contribution in [0.25, 0.3) is 0 Å². The molecule has 1 aromatic heterocycles. The third-order valence-corrected chi connectivity index (χ3v) is 1.82. The molecular formula is C8H7ClF3NO. The van der Waals surface area contributed by atoms with Crippen molar-refractivity contribution in [2.45, 2.75) is 12.1 Å². The molecule has 0 saturated carbocycles. The summed E-state index contributed by atoms with van der Waals surface area (Å²) >= 11 is 5.42. The van der Waals surface area contributed by atoms with Crippen molar-refractivity contribution < 1.29 is 17.9 Å². The Morgan fingerprint density at radius 3 is 2.50 bits per heavy atom. The topological polar surface area (TPSA) is 22.1 Å². The summed E-state index contributed by atoms with van der Waals surface area (Å²) in [5.41, 5.74) is -0.877. The lowest BCUT2D eigenvalue weighted by Crippen LogP contribution is -2.09. The van der Waals surface area contributed by atoms with E-state index in [1.54, 1.807) is 0 Å². The van der Waals surface area contributed by atoms with E-state index < -0.39 is 11.9 Å². The van der Waals surface area contributed by atoms with Gasteiger partial charge in [-0.1, -0.05) is 0 Å². The fourth-order valence-corrected chi connectivity index (χ4v) is 1.12. The molecule has 6 heteroatoms. The summed E-state index contributed by atoms with van der Waals surface area (Å²) in [5, 5.41) is 0. The lowest BCUT2D eigenvalue weighted by atomic mass is 10.3. The van der Waals surface area contributed by atoms with Gasteiger partial charge in [-0.3, -0.25) is 0 Å². The number of hydrogen-bond acceptors (Lipinski definition) is 2. The highest BCUT2D eigenvalue weighted by Gasteiger charge is 2.32. The summed E-state index contributed by atoms with van der Waals surface area (Å²) in [7, 11) is 1.35. The molecule has 78 valence electrons. The number of halogens is 4. The zero-order valence-electron chi connectivity index (χ0n) is 7.23. The molecule has 1 rings (SSSR count). The Morgan fingerprint density at radius 2 is 2.07 bits per heavy atom. The SMILES string of the molecule is COc1ccc(C(F)(F)F)nc1CCl. The van der Waals surface area contributed by atoms with Gasteiger partial charge in [0.1, 0.15) is 11.4 Å².